The SMILES string of the molecule is Cc1ccccc1CCNC(=O)CNC1CC1. The molecule has 1 aliphatic carbocycles. The first-order valence-electron chi connectivity index (χ1n) is 6.30. The van der Waals surface area contributed by atoms with Gasteiger partial charge in [0.1, 0.15) is 0 Å². The van der Waals surface area contributed by atoms with Crippen LogP contribution in [-0.4, -0.2) is 25.0 Å². The van der Waals surface area contributed by atoms with Gasteiger partial charge in [-0.05, 0) is 37.3 Å². The van der Waals surface area contributed by atoms with E-state index in [1.807, 2.05) is 12.1 Å². The van der Waals surface area contributed by atoms with Gasteiger partial charge in [0.25, 0.3) is 0 Å². The lowest BCUT2D eigenvalue weighted by Crippen LogP contribution is -2.35. The standard InChI is InChI=1S/C14H20N2O/c1-11-4-2-3-5-12(11)8-9-15-14(17)10-16-13-6-7-13/h2-5,13,16H,6-10H2,1H3,(H,15,17). The Balaban J connectivity index is 1.64. The van der Waals surface area contributed by atoms with E-state index in [0.29, 0.717) is 12.6 Å². The van der Waals surface area contributed by atoms with Gasteiger partial charge in [-0.25, -0.2) is 0 Å². The van der Waals surface area contributed by atoms with Gasteiger partial charge >= 0.3 is 0 Å². The van der Waals surface area contributed by atoms with E-state index in [0.717, 1.165) is 13.0 Å². The minimum Gasteiger partial charge on any atom is -0.355 e. The van der Waals surface area contributed by atoms with Crippen LogP contribution >= 0.6 is 0 Å². The summed E-state index contributed by atoms with van der Waals surface area (Å²) in [4.78, 5) is 11.5. The van der Waals surface area contributed by atoms with Crippen LogP contribution in [0.4, 0.5) is 0 Å². The molecule has 1 aromatic rings. The summed E-state index contributed by atoms with van der Waals surface area (Å²) in [7, 11) is 0. The minimum absolute atomic E-state index is 0.102. The number of aryl methyl sites for hydroxylation is 1. The largest absolute Gasteiger partial charge is 0.355 e. The highest BCUT2D eigenvalue weighted by atomic mass is 16.1. The molecule has 0 heterocycles. The first-order chi connectivity index (χ1) is 8.25. The van der Waals surface area contributed by atoms with Gasteiger partial charge in [0.05, 0.1) is 6.54 Å². The predicted molar refractivity (Wildman–Crippen MR) is 68.9 cm³/mol. The van der Waals surface area contributed by atoms with Gasteiger partial charge in [0.2, 0.25) is 5.91 Å². The fourth-order valence-electron chi connectivity index (χ4n) is 1.81. The molecule has 3 nitrogen and oxygen atoms in total. The molecule has 0 saturated heterocycles. The van der Waals surface area contributed by atoms with E-state index in [4.69, 9.17) is 0 Å². The summed E-state index contributed by atoms with van der Waals surface area (Å²) in [5, 5.41) is 6.14. The number of carbonyl (C=O) groups is 1. The Hall–Kier alpha value is -1.35. The number of rotatable bonds is 6. The van der Waals surface area contributed by atoms with Gasteiger partial charge in [-0.1, -0.05) is 24.3 Å². The molecule has 0 atom stereocenters. The molecule has 1 amide bonds. The van der Waals surface area contributed by atoms with Gasteiger partial charge < -0.3 is 10.6 Å². The molecule has 17 heavy (non-hydrogen) atoms. The molecular weight excluding hydrogens is 212 g/mol. The second-order valence-electron chi connectivity index (χ2n) is 4.68. The van der Waals surface area contributed by atoms with E-state index in [9.17, 15) is 4.79 Å². The summed E-state index contributed by atoms with van der Waals surface area (Å²) in [5.41, 5.74) is 2.60. The molecule has 0 unspecified atom stereocenters. The third kappa shape index (κ3) is 4.19. The Morgan fingerprint density at radius 1 is 1.35 bits per heavy atom. The van der Waals surface area contributed by atoms with Crippen LogP contribution in [-0.2, 0) is 11.2 Å². The molecule has 1 saturated carbocycles. The highest BCUT2D eigenvalue weighted by Gasteiger charge is 2.20. The zero-order valence-corrected chi connectivity index (χ0v) is 10.3. The van der Waals surface area contributed by atoms with Crippen molar-refractivity contribution in [1.29, 1.82) is 0 Å². The van der Waals surface area contributed by atoms with Crippen molar-refractivity contribution in [1.82, 2.24) is 10.6 Å². The summed E-state index contributed by atoms with van der Waals surface area (Å²) < 4.78 is 0. The first-order valence-corrected chi connectivity index (χ1v) is 6.30. The van der Waals surface area contributed by atoms with Crippen molar-refractivity contribution in [3.05, 3.63) is 35.4 Å². The van der Waals surface area contributed by atoms with Gasteiger partial charge in [0.15, 0.2) is 0 Å². The van der Waals surface area contributed by atoms with Crippen molar-refractivity contribution in [2.45, 2.75) is 32.2 Å². The molecule has 0 aromatic heterocycles. The van der Waals surface area contributed by atoms with E-state index < -0.39 is 0 Å². The smallest absolute Gasteiger partial charge is 0.233 e. The lowest BCUT2D eigenvalue weighted by molar-refractivity contribution is -0.120. The zero-order chi connectivity index (χ0) is 12.1. The third-order valence-corrected chi connectivity index (χ3v) is 3.11. The molecular formula is C14H20N2O. The Bertz CT molecular complexity index is 386. The van der Waals surface area contributed by atoms with Crippen molar-refractivity contribution in [2.75, 3.05) is 13.1 Å². The fourth-order valence-corrected chi connectivity index (χ4v) is 1.81. The zero-order valence-electron chi connectivity index (χ0n) is 10.3. The third-order valence-electron chi connectivity index (χ3n) is 3.11. The lowest BCUT2D eigenvalue weighted by Gasteiger charge is -2.07. The van der Waals surface area contributed by atoms with Gasteiger partial charge in [-0.15, -0.1) is 0 Å². The molecule has 2 N–H and O–H groups in total. The number of carbonyl (C=O) groups excluding carboxylic acids is 1. The topological polar surface area (TPSA) is 41.1 Å². The summed E-state index contributed by atoms with van der Waals surface area (Å²) in [6.45, 7) is 3.28. The molecule has 0 aliphatic heterocycles. The Morgan fingerprint density at radius 3 is 2.82 bits per heavy atom. The maximum atomic E-state index is 11.5. The molecule has 1 aliphatic rings. The second kappa shape index (κ2) is 5.82. The summed E-state index contributed by atoms with van der Waals surface area (Å²) in [6, 6.07) is 8.89. The molecule has 3 heteroatoms. The van der Waals surface area contributed by atoms with Crippen molar-refractivity contribution in [2.24, 2.45) is 0 Å². The number of amides is 1. The lowest BCUT2D eigenvalue weighted by atomic mass is 10.1. The summed E-state index contributed by atoms with van der Waals surface area (Å²) in [5.74, 6) is 0.102. The number of hydrogen-bond acceptors (Lipinski definition) is 2. The summed E-state index contributed by atoms with van der Waals surface area (Å²) in [6.07, 6.45) is 3.34. The average Bonchev–Trinajstić information content (AvgIpc) is 3.13. The van der Waals surface area contributed by atoms with Gasteiger partial charge in [0, 0.05) is 12.6 Å². The summed E-state index contributed by atoms with van der Waals surface area (Å²) >= 11 is 0. The number of nitrogens with one attached hydrogen (secondary N) is 2. The fraction of sp³-hybridized carbons (Fsp3) is 0.500. The van der Waals surface area contributed by atoms with E-state index in [2.05, 4.69) is 29.7 Å². The number of hydrogen-bond donors (Lipinski definition) is 2. The van der Waals surface area contributed by atoms with Crippen LogP contribution in [0.1, 0.15) is 24.0 Å². The number of benzene rings is 1. The molecule has 1 aromatic carbocycles. The van der Waals surface area contributed by atoms with Crippen LogP contribution < -0.4 is 10.6 Å². The minimum atomic E-state index is 0.102. The second-order valence-corrected chi connectivity index (χ2v) is 4.68. The van der Waals surface area contributed by atoms with Gasteiger partial charge in [-0.2, -0.15) is 0 Å². The van der Waals surface area contributed by atoms with Crippen molar-refractivity contribution >= 4 is 5.91 Å². The first kappa shape index (κ1) is 12.1. The van der Waals surface area contributed by atoms with Crippen molar-refractivity contribution < 1.29 is 4.79 Å². The van der Waals surface area contributed by atoms with E-state index in [1.165, 1.54) is 24.0 Å². The highest BCUT2D eigenvalue weighted by molar-refractivity contribution is 5.78. The van der Waals surface area contributed by atoms with Crippen LogP contribution in [0.15, 0.2) is 24.3 Å². The molecule has 0 bridgehead atoms. The van der Waals surface area contributed by atoms with E-state index in [-0.39, 0.29) is 5.91 Å². The Labute approximate surface area is 103 Å². The van der Waals surface area contributed by atoms with Gasteiger partial charge in [-0.3, -0.25) is 4.79 Å². The quantitative estimate of drug-likeness (QED) is 0.778. The maximum Gasteiger partial charge on any atom is 0.233 e. The van der Waals surface area contributed by atoms with Crippen LogP contribution in [0.5, 0.6) is 0 Å². The van der Waals surface area contributed by atoms with Crippen LogP contribution in [0.25, 0.3) is 0 Å². The van der Waals surface area contributed by atoms with Crippen molar-refractivity contribution in [3.8, 4) is 0 Å². The Kier molecular flexibility index (Phi) is 4.15. The molecule has 0 spiro atoms. The van der Waals surface area contributed by atoms with Crippen LogP contribution in [0, 0.1) is 6.92 Å². The molecule has 92 valence electrons. The molecule has 0 radical (unpaired) electrons. The van der Waals surface area contributed by atoms with E-state index in [1.54, 1.807) is 0 Å². The normalized spacial score (nSPS) is 14.6. The highest BCUT2D eigenvalue weighted by Crippen LogP contribution is 2.17. The predicted octanol–water partition coefficient (Wildman–Crippen LogP) is 1.41. The molecule has 2 rings (SSSR count). The van der Waals surface area contributed by atoms with Crippen molar-refractivity contribution in [3.63, 3.8) is 0 Å². The molecule has 1 fully saturated rings. The van der Waals surface area contributed by atoms with Crippen LogP contribution in [0.2, 0.25) is 0 Å². The average molecular weight is 232 g/mol. The van der Waals surface area contributed by atoms with Crippen LogP contribution in [0.3, 0.4) is 0 Å². The Morgan fingerprint density at radius 2 is 2.12 bits per heavy atom. The van der Waals surface area contributed by atoms with E-state index >= 15 is 0 Å². The monoisotopic (exact) mass is 232 g/mol. The maximum absolute atomic E-state index is 11.5.